The van der Waals surface area contributed by atoms with Crippen LogP contribution in [0.1, 0.15) is 11.1 Å². The van der Waals surface area contributed by atoms with Gasteiger partial charge >= 0.3 is 11.8 Å². The summed E-state index contributed by atoms with van der Waals surface area (Å²) in [4.78, 5) is 35.4. The molecule has 0 spiro atoms. The minimum atomic E-state index is -0.780. The van der Waals surface area contributed by atoms with E-state index in [1.165, 1.54) is 17.3 Å². The molecule has 0 radical (unpaired) electrons. The van der Waals surface area contributed by atoms with Crippen LogP contribution in [0.3, 0.4) is 0 Å². The number of nitrogens with zero attached hydrogens (tertiary/aromatic N) is 4. The van der Waals surface area contributed by atoms with E-state index in [4.69, 9.17) is 5.73 Å². The molecular formula is C21H20ClN7O2. The van der Waals surface area contributed by atoms with E-state index in [0.717, 1.165) is 11.1 Å². The third-order valence-corrected chi connectivity index (χ3v) is 4.56. The number of nitrogen functional groups attached to an aromatic ring is 1. The summed E-state index contributed by atoms with van der Waals surface area (Å²) in [6, 6.07) is 13.1. The zero-order chi connectivity index (χ0) is 20.9. The molecule has 0 saturated carbocycles. The van der Waals surface area contributed by atoms with Gasteiger partial charge in [0.05, 0.1) is 29.0 Å². The molecule has 158 valence electrons. The van der Waals surface area contributed by atoms with Gasteiger partial charge in [-0.3, -0.25) is 19.7 Å². The SMILES string of the molecule is Cl.Nc1ncc(NC(=O)C(=O)N(Cc2ccccc2)Cc2cccnc2)c2[nH]ncc12. The Labute approximate surface area is 184 Å². The first-order chi connectivity index (χ1) is 14.6. The topological polar surface area (TPSA) is 130 Å². The van der Waals surface area contributed by atoms with E-state index in [9.17, 15) is 9.59 Å². The maximum Gasteiger partial charge on any atom is 0.314 e. The fourth-order valence-corrected chi connectivity index (χ4v) is 3.08. The number of anilines is 2. The molecule has 10 heteroatoms. The Kier molecular flexibility index (Phi) is 6.78. The minimum absolute atomic E-state index is 0. The van der Waals surface area contributed by atoms with Gasteiger partial charge in [-0.25, -0.2) is 4.98 Å². The Hall–Kier alpha value is -3.98. The molecule has 4 N–H and O–H groups in total. The molecule has 3 aromatic heterocycles. The van der Waals surface area contributed by atoms with Gasteiger partial charge in [0, 0.05) is 25.5 Å². The number of carbonyl (C=O) groups is 2. The van der Waals surface area contributed by atoms with Gasteiger partial charge in [-0.15, -0.1) is 12.4 Å². The van der Waals surface area contributed by atoms with E-state index in [-0.39, 0.29) is 31.3 Å². The predicted octanol–water partition coefficient (Wildman–Crippen LogP) is 2.52. The van der Waals surface area contributed by atoms with E-state index < -0.39 is 11.8 Å². The molecule has 0 aliphatic heterocycles. The highest BCUT2D eigenvalue weighted by Crippen LogP contribution is 2.24. The highest BCUT2D eigenvalue weighted by molar-refractivity contribution is 6.40. The number of amides is 2. The van der Waals surface area contributed by atoms with Crippen LogP contribution in [0.25, 0.3) is 10.9 Å². The Bertz CT molecular complexity index is 1140. The Morgan fingerprint density at radius 3 is 2.48 bits per heavy atom. The van der Waals surface area contributed by atoms with Crippen molar-refractivity contribution in [1.82, 2.24) is 25.1 Å². The van der Waals surface area contributed by atoms with Crippen molar-refractivity contribution in [3.05, 3.63) is 78.4 Å². The van der Waals surface area contributed by atoms with Crippen molar-refractivity contribution >= 4 is 46.6 Å². The molecule has 4 aromatic rings. The van der Waals surface area contributed by atoms with Crippen LogP contribution in [0, 0.1) is 0 Å². The molecular weight excluding hydrogens is 418 g/mol. The number of hydrogen-bond donors (Lipinski definition) is 3. The lowest BCUT2D eigenvalue weighted by Gasteiger charge is -2.22. The number of hydrogen-bond acceptors (Lipinski definition) is 6. The standard InChI is InChI=1S/C21H19N7O2.ClH/c22-19-16-10-25-27-18(16)17(11-24-19)26-20(29)21(30)28(12-14-5-2-1-3-6-14)13-15-7-4-8-23-9-15;/h1-11H,12-13H2,(H2,22,24)(H,25,27)(H,26,29);1H. The Morgan fingerprint density at radius 1 is 1.00 bits per heavy atom. The molecule has 2 amide bonds. The van der Waals surface area contributed by atoms with E-state index in [2.05, 4.69) is 25.5 Å². The van der Waals surface area contributed by atoms with E-state index >= 15 is 0 Å². The molecule has 0 aliphatic carbocycles. The number of H-pyrrole nitrogens is 1. The third-order valence-electron chi connectivity index (χ3n) is 4.56. The van der Waals surface area contributed by atoms with Gasteiger partial charge in [-0.2, -0.15) is 5.10 Å². The summed E-state index contributed by atoms with van der Waals surface area (Å²) in [5.41, 5.74) is 8.38. The molecule has 0 unspecified atom stereocenters. The molecule has 31 heavy (non-hydrogen) atoms. The molecule has 0 fully saturated rings. The van der Waals surface area contributed by atoms with Crippen molar-refractivity contribution in [3.63, 3.8) is 0 Å². The van der Waals surface area contributed by atoms with Crippen LogP contribution in [0.2, 0.25) is 0 Å². The number of aromatic nitrogens is 4. The zero-order valence-corrected chi connectivity index (χ0v) is 17.2. The van der Waals surface area contributed by atoms with Crippen LogP contribution in [0.15, 0.2) is 67.3 Å². The summed E-state index contributed by atoms with van der Waals surface area (Å²) >= 11 is 0. The first-order valence-corrected chi connectivity index (χ1v) is 9.22. The summed E-state index contributed by atoms with van der Waals surface area (Å²) in [6.07, 6.45) is 6.23. The number of fused-ring (bicyclic) bond motifs is 1. The van der Waals surface area contributed by atoms with Crippen molar-refractivity contribution < 1.29 is 9.59 Å². The van der Waals surface area contributed by atoms with Crippen molar-refractivity contribution in [3.8, 4) is 0 Å². The number of benzene rings is 1. The van der Waals surface area contributed by atoms with Crippen LogP contribution >= 0.6 is 12.4 Å². The second kappa shape index (κ2) is 9.68. The number of nitrogens with two attached hydrogens (primary N) is 1. The van der Waals surface area contributed by atoms with Gasteiger partial charge in [-0.05, 0) is 17.2 Å². The fourth-order valence-electron chi connectivity index (χ4n) is 3.08. The quantitative estimate of drug-likeness (QED) is 0.411. The number of pyridine rings is 2. The molecule has 0 saturated heterocycles. The van der Waals surface area contributed by atoms with Crippen molar-refractivity contribution in [2.24, 2.45) is 0 Å². The van der Waals surface area contributed by atoms with E-state index in [1.54, 1.807) is 18.5 Å². The van der Waals surface area contributed by atoms with Crippen LogP contribution in [0.5, 0.6) is 0 Å². The summed E-state index contributed by atoms with van der Waals surface area (Å²) in [6.45, 7) is 0.524. The van der Waals surface area contributed by atoms with E-state index in [1.807, 2.05) is 36.4 Å². The number of rotatable bonds is 5. The Morgan fingerprint density at radius 2 is 1.74 bits per heavy atom. The molecule has 1 aromatic carbocycles. The number of aromatic amines is 1. The van der Waals surface area contributed by atoms with Gasteiger partial charge < -0.3 is 16.0 Å². The summed E-state index contributed by atoms with van der Waals surface area (Å²) in [5.74, 6) is -1.17. The lowest BCUT2D eigenvalue weighted by Crippen LogP contribution is -2.39. The average Bonchev–Trinajstić information content (AvgIpc) is 3.27. The summed E-state index contributed by atoms with van der Waals surface area (Å²) < 4.78 is 0. The van der Waals surface area contributed by atoms with Crippen LogP contribution in [0.4, 0.5) is 11.5 Å². The van der Waals surface area contributed by atoms with Crippen molar-refractivity contribution in [2.45, 2.75) is 13.1 Å². The molecule has 0 atom stereocenters. The van der Waals surface area contributed by atoms with Gasteiger partial charge in [-0.1, -0.05) is 36.4 Å². The average molecular weight is 438 g/mol. The maximum atomic E-state index is 13.0. The van der Waals surface area contributed by atoms with Crippen molar-refractivity contribution in [1.29, 1.82) is 0 Å². The van der Waals surface area contributed by atoms with E-state index in [0.29, 0.717) is 16.6 Å². The predicted molar refractivity (Wildman–Crippen MR) is 119 cm³/mol. The molecule has 0 aliphatic rings. The minimum Gasteiger partial charge on any atom is -0.383 e. The molecule has 4 rings (SSSR count). The number of carbonyl (C=O) groups excluding carboxylic acids is 2. The molecule has 0 bridgehead atoms. The van der Waals surface area contributed by atoms with Gasteiger partial charge in [0.1, 0.15) is 5.82 Å². The molecule has 9 nitrogen and oxygen atoms in total. The van der Waals surface area contributed by atoms with Gasteiger partial charge in [0.2, 0.25) is 0 Å². The zero-order valence-electron chi connectivity index (χ0n) is 16.4. The summed E-state index contributed by atoms with van der Waals surface area (Å²) in [7, 11) is 0. The van der Waals surface area contributed by atoms with Gasteiger partial charge in [0.15, 0.2) is 0 Å². The smallest absolute Gasteiger partial charge is 0.314 e. The fraction of sp³-hybridized carbons (Fsp3) is 0.0952. The lowest BCUT2D eigenvalue weighted by molar-refractivity contribution is -0.144. The normalized spacial score (nSPS) is 10.3. The largest absolute Gasteiger partial charge is 0.383 e. The maximum absolute atomic E-state index is 13.0. The second-order valence-corrected chi connectivity index (χ2v) is 6.68. The highest BCUT2D eigenvalue weighted by Gasteiger charge is 2.24. The Balaban J connectivity index is 0.00000272. The first-order valence-electron chi connectivity index (χ1n) is 9.22. The van der Waals surface area contributed by atoms with Crippen LogP contribution < -0.4 is 11.1 Å². The molecule has 3 heterocycles. The summed E-state index contributed by atoms with van der Waals surface area (Å²) in [5, 5.41) is 9.87. The monoisotopic (exact) mass is 437 g/mol. The van der Waals surface area contributed by atoms with Crippen molar-refractivity contribution in [2.75, 3.05) is 11.1 Å². The third kappa shape index (κ3) is 4.96. The van der Waals surface area contributed by atoms with Crippen LogP contribution in [-0.2, 0) is 22.7 Å². The lowest BCUT2D eigenvalue weighted by atomic mass is 10.2. The first kappa shape index (κ1) is 21.7. The number of nitrogens with one attached hydrogen (secondary N) is 2. The second-order valence-electron chi connectivity index (χ2n) is 6.68. The highest BCUT2D eigenvalue weighted by atomic mass is 35.5. The van der Waals surface area contributed by atoms with Gasteiger partial charge in [0.25, 0.3) is 0 Å². The number of halogens is 1. The van der Waals surface area contributed by atoms with Crippen LogP contribution in [-0.4, -0.2) is 36.9 Å².